The summed E-state index contributed by atoms with van der Waals surface area (Å²) < 4.78 is 0. The molecule has 108 valence electrons. The highest BCUT2D eigenvalue weighted by molar-refractivity contribution is 5.94. The molecule has 1 aliphatic rings. The van der Waals surface area contributed by atoms with Crippen LogP contribution < -0.4 is 10.6 Å². The maximum atomic E-state index is 11.9. The maximum absolute atomic E-state index is 11.9. The van der Waals surface area contributed by atoms with E-state index >= 15 is 0 Å². The number of carbonyl (C=O) groups excluding carboxylic acids is 1. The third-order valence-corrected chi connectivity index (χ3v) is 3.80. The van der Waals surface area contributed by atoms with Crippen LogP contribution in [-0.2, 0) is 4.79 Å². The van der Waals surface area contributed by atoms with Gasteiger partial charge in [-0.25, -0.2) is 9.59 Å². The van der Waals surface area contributed by atoms with E-state index in [2.05, 4.69) is 24.5 Å². The largest absolute Gasteiger partial charge is 0.480 e. The fourth-order valence-corrected chi connectivity index (χ4v) is 2.25. The number of aliphatic carboxylic acids is 1. The van der Waals surface area contributed by atoms with Crippen LogP contribution >= 0.6 is 0 Å². The van der Waals surface area contributed by atoms with Crippen molar-refractivity contribution in [3.8, 4) is 0 Å². The normalized spacial score (nSPS) is 16.4. The van der Waals surface area contributed by atoms with Crippen molar-refractivity contribution < 1.29 is 14.7 Å². The van der Waals surface area contributed by atoms with E-state index in [1.54, 1.807) is 0 Å². The molecule has 2 amide bonds. The Morgan fingerprint density at radius 1 is 1.20 bits per heavy atom. The number of rotatable bonds is 4. The van der Waals surface area contributed by atoms with Crippen LogP contribution in [0.1, 0.15) is 44.6 Å². The quantitative estimate of drug-likeness (QED) is 0.791. The van der Waals surface area contributed by atoms with Crippen molar-refractivity contribution in [1.82, 2.24) is 5.32 Å². The predicted octanol–water partition coefficient (Wildman–Crippen LogP) is 2.94. The van der Waals surface area contributed by atoms with Gasteiger partial charge in [0.05, 0.1) is 0 Å². The van der Waals surface area contributed by atoms with Crippen LogP contribution in [0.25, 0.3) is 0 Å². The summed E-state index contributed by atoms with van der Waals surface area (Å²) in [6.45, 7) is 4.20. The van der Waals surface area contributed by atoms with Crippen LogP contribution in [-0.4, -0.2) is 22.6 Å². The molecule has 5 heteroatoms. The molecule has 1 aliphatic carbocycles. The second-order valence-corrected chi connectivity index (χ2v) is 5.60. The lowest BCUT2D eigenvalue weighted by molar-refractivity contribution is -0.148. The topological polar surface area (TPSA) is 78.4 Å². The third kappa shape index (κ3) is 2.92. The zero-order valence-electron chi connectivity index (χ0n) is 11.8. The molecule has 1 aromatic rings. The Labute approximate surface area is 118 Å². The van der Waals surface area contributed by atoms with Crippen molar-refractivity contribution >= 4 is 17.7 Å². The minimum absolute atomic E-state index is 0.433. The van der Waals surface area contributed by atoms with Gasteiger partial charge in [0.1, 0.15) is 5.54 Å². The van der Waals surface area contributed by atoms with Gasteiger partial charge in [0, 0.05) is 5.69 Å². The Morgan fingerprint density at radius 3 is 2.20 bits per heavy atom. The number of benzene rings is 1. The van der Waals surface area contributed by atoms with E-state index in [0.29, 0.717) is 24.4 Å². The SMILES string of the molecule is CC(C)c1ccc(NC(=O)NC2(C(=O)O)CCC2)cc1. The molecule has 0 bridgehead atoms. The number of carbonyl (C=O) groups is 2. The van der Waals surface area contributed by atoms with E-state index in [0.717, 1.165) is 6.42 Å². The maximum Gasteiger partial charge on any atom is 0.329 e. The molecule has 0 spiro atoms. The first-order valence-corrected chi connectivity index (χ1v) is 6.85. The van der Waals surface area contributed by atoms with E-state index in [1.807, 2.05) is 24.3 Å². The minimum Gasteiger partial charge on any atom is -0.480 e. The summed E-state index contributed by atoms with van der Waals surface area (Å²) in [7, 11) is 0. The molecule has 0 heterocycles. The molecule has 3 N–H and O–H groups in total. The van der Waals surface area contributed by atoms with Gasteiger partial charge in [0.2, 0.25) is 0 Å². The summed E-state index contributed by atoms with van der Waals surface area (Å²) in [6.07, 6.45) is 1.81. The molecule has 20 heavy (non-hydrogen) atoms. The van der Waals surface area contributed by atoms with Crippen LogP contribution in [0.5, 0.6) is 0 Å². The highest BCUT2D eigenvalue weighted by Crippen LogP contribution is 2.32. The Balaban J connectivity index is 1.96. The van der Waals surface area contributed by atoms with E-state index in [-0.39, 0.29) is 0 Å². The molecular weight excluding hydrogens is 256 g/mol. The van der Waals surface area contributed by atoms with E-state index in [4.69, 9.17) is 5.11 Å². The van der Waals surface area contributed by atoms with Gasteiger partial charge >= 0.3 is 12.0 Å². The fourth-order valence-electron chi connectivity index (χ4n) is 2.25. The number of amides is 2. The van der Waals surface area contributed by atoms with Gasteiger partial charge in [0.25, 0.3) is 0 Å². The van der Waals surface area contributed by atoms with Crippen molar-refractivity contribution in [2.75, 3.05) is 5.32 Å². The lowest BCUT2D eigenvalue weighted by atomic mass is 9.77. The second-order valence-electron chi connectivity index (χ2n) is 5.60. The highest BCUT2D eigenvalue weighted by atomic mass is 16.4. The molecule has 1 fully saturated rings. The minimum atomic E-state index is -1.08. The number of carboxylic acid groups (broad SMARTS) is 1. The lowest BCUT2D eigenvalue weighted by Crippen LogP contribution is -2.60. The number of nitrogens with one attached hydrogen (secondary N) is 2. The van der Waals surface area contributed by atoms with Gasteiger partial charge in [0.15, 0.2) is 0 Å². The van der Waals surface area contributed by atoms with Crippen LogP contribution in [0.3, 0.4) is 0 Å². The van der Waals surface area contributed by atoms with Crippen LogP contribution in [0.2, 0.25) is 0 Å². The van der Waals surface area contributed by atoms with Gasteiger partial charge in [-0.2, -0.15) is 0 Å². The molecule has 0 unspecified atom stereocenters. The molecule has 0 atom stereocenters. The molecule has 2 rings (SSSR count). The first-order chi connectivity index (χ1) is 9.43. The zero-order chi connectivity index (χ0) is 14.8. The first-order valence-electron chi connectivity index (χ1n) is 6.85. The van der Waals surface area contributed by atoms with Gasteiger partial charge in [-0.1, -0.05) is 26.0 Å². The predicted molar refractivity (Wildman–Crippen MR) is 76.9 cm³/mol. The Morgan fingerprint density at radius 2 is 1.80 bits per heavy atom. The van der Waals surface area contributed by atoms with Crippen molar-refractivity contribution in [2.45, 2.75) is 44.6 Å². The molecule has 0 aliphatic heterocycles. The number of anilines is 1. The summed E-state index contributed by atoms with van der Waals surface area (Å²) >= 11 is 0. The highest BCUT2D eigenvalue weighted by Gasteiger charge is 2.45. The zero-order valence-corrected chi connectivity index (χ0v) is 11.8. The Bertz CT molecular complexity index is 504. The first kappa shape index (κ1) is 14.4. The second kappa shape index (κ2) is 5.53. The smallest absolute Gasteiger partial charge is 0.329 e. The summed E-state index contributed by atoms with van der Waals surface area (Å²) in [6, 6.07) is 7.09. The third-order valence-electron chi connectivity index (χ3n) is 3.80. The summed E-state index contributed by atoms with van der Waals surface area (Å²) in [5, 5.41) is 14.4. The van der Waals surface area contributed by atoms with E-state index in [9.17, 15) is 9.59 Å². The summed E-state index contributed by atoms with van der Waals surface area (Å²) in [5.41, 5.74) is 0.769. The monoisotopic (exact) mass is 276 g/mol. The van der Waals surface area contributed by atoms with Crippen molar-refractivity contribution in [3.05, 3.63) is 29.8 Å². The van der Waals surface area contributed by atoms with Crippen molar-refractivity contribution in [2.24, 2.45) is 0 Å². The summed E-state index contributed by atoms with van der Waals surface area (Å²) in [4.78, 5) is 23.0. The molecular formula is C15H20N2O3. The number of carboxylic acids is 1. The van der Waals surface area contributed by atoms with Crippen LogP contribution in [0.15, 0.2) is 24.3 Å². The number of urea groups is 1. The molecule has 0 aromatic heterocycles. The van der Waals surface area contributed by atoms with Crippen molar-refractivity contribution in [1.29, 1.82) is 0 Å². The van der Waals surface area contributed by atoms with Crippen LogP contribution in [0.4, 0.5) is 10.5 Å². The lowest BCUT2D eigenvalue weighted by Gasteiger charge is -2.38. The van der Waals surface area contributed by atoms with Crippen LogP contribution in [0, 0.1) is 0 Å². The molecule has 1 aromatic carbocycles. The van der Waals surface area contributed by atoms with Gasteiger partial charge in [-0.15, -0.1) is 0 Å². The standard InChI is InChI=1S/C15H20N2O3/c1-10(2)11-4-6-12(7-5-11)16-14(20)17-15(13(18)19)8-3-9-15/h4-7,10H,3,8-9H2,1-2H3,(H,18,19)(H2,16,17,20). The van der Waals surface area contributed by atoms with Gasteiger partial charge < -0.3 is 15.7 Å². The van der Waals surface area contributed by atoms with Gasteiger partial charge in [-0.05, 0) is 42.9 Å². The fraction of sp³-hybridized carbons (Fsp3) is 0.467. The number of hydrogen-bond acceptors (Lipinski definition) is 2. The molecule has 1 saturated carbocycles. The average molecular weight is 276 g/mol. The van der Waals surface area contributed by atoms with Crippen molar-refractivity contribution in [3.63, 3.8) is 0 Å². The Kier molecular flexibility index (Phi) is 3.97. The van der Waals surface area contributed by atoms with Gasteiger partial charge in [-0.3, -0.25) is 0 Å². The van der Waals surface area contributed by atoms with E-state index in [1.165, 1.54) is 5.56 Å². The average Bonchev–Trinajstić information content (AvgIpc) is 2.34. The summed E-state index contributed by atoms with van der Waals surface area (Å²) in [5.74, 6) is -0.530. The molecule has 0 radical (unpaired) electrons. The molecule has 5 nitrogen and oxygen atoms in total. The number of hydrogen-bond donors (Lipinski definition) is 3. The Hall–Kier alpha value is -2.04. The van der Waals surface area contributed by atoms with E-state index < -0.39 is 17.5 Å². The molecule has 0 saturated heterocycles.